The van der Waals surface area contributed by atoms with Crippen LogP contribution in [0.25, 0.3) is 0 Å². The van der Waals surface area contributed by atoms with Gasteiger partial charge in [-0.1, -0.05) is 30.3 Å². The Bertz CT molecular complexity index is 641. The summed E-state index contributed by atoms with van der Waals surface area (Å²) in [6, 6.07) is 15.8. The number of aryl methyl sites for hydroxylation is 2. The lowest BCUT2D eigenvalue weighted by Crippen LogP contribution is -2.34. The summed E-state index contributed by atoms with van der Waals surface area (Å²) >= 11 is 0. The number of aliphatic hydroxyl groups is 1. The van der Waals surface area contributed by atoms with Gasteiger partial charge in [0.2, 0.25) is 5.91 Å². The molecule has 23 heavy (non-hydrogen) atoms. The maximum absolute atomic E-state index is 12.4. The molecule has 0 radical (unpaired) electrons. The Morgan fingerprint density at radius 3 is 2.57 bits per heavy atom. The van der Waals surface area contributed by atoms with E-state index in [9.17, 15) is 4.79 Å². The lowest BCUT2D eigenvalue weighted by Gasteiger charge is -2.24. The fourth-order valence-electron chi connectivity index (χ4n) is 2.43. The third kappa shape index (κ3) is 5.11. The largest absolute Gasteiger partial charge is 0.396 e. The van der Waals surface area contributed by atoms with Crippen LogP contribution in [0.1, 0.15) is 17.5 Å². The Morgan fingerprint density at radius 1 is 1.13 bits per heavy atom. The number of aliphatic hydroxyl groups excluding tert-OH is 1. The van der Waals surface area contributed by atoms with Gasteiger partial charge in [0.25, 0.3) is 0 Å². The van der Waals surface area contributed by atoms with Crippen molar-refractivity contribution in [3.63, 3.8) is 0 Å². The van der Waals surface area contributed by atoms with E-state index < -0.39 is 0 Å². The van der Waals surface area contributed by atoms with E-state index in [1.807, 2.05) is 67.3 Å². The first-order chi connectivity index (χ1) is 11.1. The summed E-state index contributed by atoms with van der Waals surface area (Å²) in [5.74, 6) is -0.0551. The van der Waals surface area contributed by atoms with Gasteiger partial charge in [0, 0.05) is 24.5 Å². The first-order valence-electron chi connectivity index (χ1n) is 7.88. The average molecular weight is 312 g/mol. The quantitative estimate of drug-likeness (QED) is 0.826. The maximum atomic E-state index is 12.4. The molecule has 0 spiro atoms. The topological polar surface area (TPSA) is 52.6 Å². The second-order valence-corrected chi connectivity index (χ2v) is 5.70. The third-order valence-electron chi connectivity index (χ3n) is 3.71. The number of anilines is 2. The molecule has 0 heterocycles. The van der Waals surface area contributed by atoms with Gasteiger partial charge in [-0.3, -0.25) is 4.79 Å². The molecule has 0 aliphatic heterocycles. The van der Waals surface area contributed by atoms with E-state index in [0.717, 1.165) is 22.5 Å². The SMILES string of the molecule is Cc1ccc(C)c(NC(=O)CN(CCCO)c2ccccc2)c1. The molecule has 2 aromatic carbocycles. The summed E-state index contributed by atoms with van der Waals surface area (Å²) in [5, 5.41) is 12.1. The highest BCUT2D eigenvalue weighted by Gasteiger charge is 2.12. The Labute approximate surface area is 137 Å². The molecule has 0 saturated heterocycles. The molecule has 1 amide bonds. The van der Waals surface area contributed by atoms with Gasteiger partial charge in [-0.05, 0) is 49.6 Å². The smallest absolute Gasteiger partial charge is 0.243 e. The van der Waals surface area contributed by atoms with Gasteiger partial charge >= 0.3 is 0 Å². The number of carbonyl (C=O) groups is 1. The molecule has 0 saturated carbocycles. The first kappa shape index (κ1) is 17.0. The molecule has 0 unspecified atom stereocenters. The van der Waals surface area contributed by atoms with Gasteiger partial charge in [0.05, 0.1) is 6.54 Å². The summed E-state index contributed by atoms with van der Waals surface area (Å²) in [6.07, 6.45) is 0.631. The molecular formula is C19H24N2O2. The molecular weight excluding hydrogens is 288 g/mol. The second kappa shape index (κ2) is 8.34. The van der Waals surface area contributed by atoms with E-state index in [0.29, 0.717) is 13.0 Å². The number of nitrogens with one attached hydrogen (secondary N) is 1. The predicted octanol–water partition coefficient (Wildman–Crippen LogP) is 3.13. The van der Waals surface area contributed by atoms with Crippen molar-refractivity contribution >= 4 is 17.3 Å². The Hall–Kier alpha value is -2.33. The van der Waals surface area contributed by atoms with Gasteiger partial charge in [-0.2, -0.15) is 0 Å². The van der Waals surface area contributed by atoms with Crippen LogP contribution in [-0.2, 0) is 4.79 Å². The highest BCUT2D eigenvalue weighted by Crippen LogP contribution is 2.17. The minimum Gasteiger partial charge on any atom is -0.396 e. The normalized spacial score (nSPS) is 10.4. The molecule has 0 bridgehead atoms. The number of rotatable bonds is 7. The Balaban J connectivity index is 2.06. The minimum atomic E-state index is -0.0551. The lowest BCUT2D eigenvalue weighted by molar-refractivity contribution is -0.115. The van der Waals surface area contributed by atoms with E-state index in [1.165, 1.54) is 0 Å². The van der Waals surface area contributed by atoms with Gasteiger partial charge in [0.1, 0.15) is 0 Å². The van der Waals surface area contributed by atoms with Crippen LogP contribution in [0.5, 0.6) is 0 Å². The van der Waals surface area contributed by atoms with Crippen molar-refractivity contribution in [1.29, 1.82) is 0 Å². The summed E-state index contributed by atoms with van der Waals surface area (Å²) < 4.78 is 0. The van der Waals surface area contributed by atoms with Crippen molar-refractivity contribution < 1.29 is 9.90 Å². The molecule has 0 atom stereocenters. The summed E-state index contributed by atoms with van der Waals surface area (Å²) in [5.41, 5.74) is 4.00. The number of para-hydroxylation sites is 1. The van der Waals surface area contributed by atoms with Crippen LogP contribution in [0.2, 0.25) is 0 Å². The number of hydrogen-bond donors (Lipinski definition) is 2. The van der Waals surface area contributed by atoms with Crippen LogP contribution in [0.3, 0.4) is 0 Å². The van der Waals surface area contributed by atoms with E-state index in [-0.39, 0.29) is 19.1 Å². The predicted molar refractivity (Wildman–Crippen MR) is 94.9 cm³/mol. The average Bonchev–Trinajstić information content (AvgIpc) is 2.55. The monoisotopic (exact) mass is 312 g/mol. The van der Waals surface area contributed by atoms with E-state index in [1.54, 1.807) is 0 Å². The zero-order valence-corrected chi connectivity index (χ0v) is 13.7. The van der Waals surface area contributed by atoms with Crippen LogP contribution in [0, 0.1) is 13.8 Å². The number of benzene rings is 2. The minimum absolute atomic E-state index is 0.0551. The van der Waals surface area contributed by atoms with Crippen molar-refractivity contribution in [2.75, 3.05) is 29.9 Å². The molecule has 2 aromatic rings. The fraction of sp³-hybridized carbons (Fsp3) is 0.316. The Kier molecular flexibility index (Phi) is 6.18. The van der Waals surface area contributed by atoms with Crippen LogP contribution in [0.15, 0.2) is 48.5 Å². The number of nitrogens with zero attached hydrogens (tertiary/aromatic N) is 1. The van der Waals surface area contributed by atoms with Crippen LogP contribution >= 0.6 is 0 Å². The van der Waals surface area contributed by atoms with Crippen molar-refractivity contribution in [1.82, 2.24) is 0 Å². The van der Waals surface area contributed by atoms with Crippen molar-refractivity contribution in [3.05, 3.63) is 59.7 Å². The van der Waals surface area contributed by atoms with Crippen molar-refractivity contribution in [3.8, 4) is 0 Å². The molecule has 0 aromatic heterocycles. The first-order valence-corrected chi connectivity index (χ1v) is 7.88. The van der Waals surface area contributed by atoms with Gasteiger partial charge in [-0.15, -0.1) is 0 Å². The fourth-order valence-corrected chi connectivity index (χ4v) is 2.43. The summed E-state index contributed by atoms with van der Waals surface area (Å²) in [4.78, 5) is 14.4. The third-order valence-corrected chi connectivity index (χ3v) is 3.71. The van der Waals surface area contributed by atoms with Gasteiger partial charge in [0.15, 0.2) is 0 Å². The van der Waals surface area contributed by atoms with Crippen molar-refractivity contribution in [2.24, 2.45) is 0 Å². The van der Waals surface area contributed by atoms with Crippen LogP contribution < -0.4 is 10.2 Å². The molecule has 0 aliphatic rings. The molecule has 4 nitrogen and oxygen atoms in total. The zero-order chi connectivity index (χ0) is 16.7. The van der Waals surface area contributed by atoms with Crippen LogP contribution in [0.4, 0.5) is 11.4 Å². The summed E-state index contributed by atoms with van der Waals surface area (Å²) in [7, 11) is 0. The lowest BCUT2D eigenvalue weighted by atomic mass is 10.1. The van der Waals surface area contributed by atoms with E-state index in [2.05, 4.69) is 5.32 Å². The second-order valence-electron chi connectivity index (χ2n) is 5.70. The van der Waals surface area contributed by atoms with Gasteiger partial charge in [-0.25, -0.2) is 0 Å². The Morgan fingerprint density at radius 2 is 1.87 bits per heavy atom. The zero-order valence-electron chi connectivity index (χ0n) is 13.7. The van der Waals surface area contributed by atoms with E-state index >= 15 is 0 Å². The number of hydrogen-bond acceptors (Lipinski definition) is 3. The molecule has 2 rings (SSSR count). The van der Waals surface area contributed by atoms with Crippen LogP contribution in [-0.4, -0.2) is 30.7 Å². The molecule has 2 N–H and O–H groups in total. The highest BCUT2D eigenvalue weighted by atomic mass is 16.3. The summed E-state index contributed by atoms with van der Waals surface area (Å²) in [6.45, 7) is 5.00. The number of amides is 1. The van der Waals surface area contributed by atoms with Gasteiger partial charge < -0.3 is 15.3 Å². The molecule has 122 valence electrons. The highest BCUT2D eigenvalue weighted by molar-refractivity contribution is 5.94. The molecule has 0 aliphatic carbocycles. The standard InChI is InChI=1S/C19H24N2O2/c1-15-9-10-16(2)18(13-15)20-19(23)14-21(11-6-12-22)17-7-4-3-5-8-17/h3-5,7-10,13,22H,6,11-12,14H2,1-2H3,(H,20,23). The van der Waals surface area contributed by atoms with Crippen molar-refractivity contribution in [2.45, 2.75) is 20.3 Å². The maximum Gasteiger partial charge on any atom is 0.243 e. The van der Waals surface area contributed by atoms with E-state index in [4.69, 9.17) is 5.11 Å². The molecule has 0 fully saturated rings. The molecule has 4 heteroatoms. The number of carbonyl (C=O) groups excluding carboxylic acids is 1.